The zero-order valence-electron chi connectivity index (χ0n) is 16.8. The predicted octanol–water partition coefficient (Wildman–Crippen LogP) is 4.90. The molecule has 0 aromatic heterocycles. The zero-order valence-corrected chi connectivity index (χ0v) is 18.3. The number of carbonyl (C=O) groups is 1. The number of carbonyl (C=O) groups excluding carboxylic acids is 1. The van der Waals surface area contributed by atoms with Crippen LogP contribution in [0.3, 0.4) is 0 Å². The van der Waals surface area contributed by atoms with Crippen LogP contribution < -0.4 is 9.21 Å². The zero-order chi connectivity index (χ0) is 22.2. The number of rotatable bonds is 4. The fraction of sp³-hybridized carbons (Fsp3) is 0.174. The van der Waals surface area contributed by atoms with Gasteiger partial charge in [-0.1, -0.05) is 29.8 Å². The molecule has 0 atom stereocenters. The average Bonchev–Trinajstić information content (AvgIpc) is 2.77. The lowest BCUT2D eigenvalue weighted by atomic mass is 10.0. The van der Waals surface area contributed by atoms with Gasteiger partial charge in [0.2, 0.25) is 0 Å². The number of halogens is 2. The van der Waals surface area contributed by atoms with E-state index in [-0.39, 0.29) is 16.4 Å². The van der Waals surface area contributed by atoms with Crippen molar-refractivity contribution in [2.24, 2.45) is 0 Å². The van der Waals surface area contributed by atoms with Gasteiger partial charge in [0.05, 0.1) is 16.3 Å². The van der Waals surface area contributed by atoms with Crippen LogP contribution in [0.5, 0.6) is 0 Å². The number of sulfonamides is 1. The standard InChI is InChI=1S/C23H20ClFN2O3S/c1-26(20-8-3-7-18(24)14-20)31(29,30)21-9-2-5-17(13-21)23(28)27-12-4-6-16-10-11-19(25)15-22(16)27/h2-3,5,7-11,13-15H,4,6,12H2,1H3. The van der Waals surface area contributed by atoms with Crippen molar-refractivity contribution in [1.29, 1.82) is 0 Å². The molecule has 0 N–H and O–H groups in total. The van der Waals surface area contributed by atoms with Gasteiger partial charge in [-0.15, -0.1) is 0 Å². The van der Waals surface area contributed by atoms with Crippen LogP contribution in [0, 0.1) is 5.82 Å². The van der Waals surface area contributed by atoms with Crippen LogP contribution in [-0.2, 0) is 16.4 Å². The van der Waals surface area contributed by atoms with E-state index in [0.29, 0.717) is 22.9 Å². The van der Waals surface area contributed by atoms with Crippen LogP contribution in [0.25, 0.3) is 0 Å². The molecule has 1 amide bonds. The molecule has 160 valence electrons. The Morgan fingerprint density at radius 1 is 1.06 bits per heavy atom. The lowest BCUT2D eigenvalue weighted by molar-refractivity contribution is 0.0985. The summed E-state index contributed by atoms with van der Waals surface area (Å²) in [5.41, 5.74) is 2.05. The Kier molecular flexibility index (Phi) is 5.73. The van der Waals surface area contributed by atoms with E-state index in [2.05, 4.69) is 0 Å². The second-order valence-corrected chi connectivity index (χ2v) is 9.72. The number of nitrogens with zero attached hydrogens (tertiary/aromatic N) is 2. The average molecular weight is 459 g/mol. The third-order valence-electron chi connectivity index (χ3n) is 5.32. The first-order valence-electron chi connectivity index (χ1n) is 9.72. The minimum absolute atomic E-state index is 0.0164. The van der Waals surface area contributed by atoms with Crippen molar-refractivity contribution < 1.29 is 17.6 Å². The van der Waals surface area contributed by atoms with Crippen LogP contribution in [0.15, 0.2) is 71.6 Å². The second kappa shape index (κ2) is 8.32. The van der Waals surface area contributed by atoms with Crippen molar-refractivity contribution in [3.8, 4) is 0 Å². The Bertz CT molecular complexity index is 1260. The summed E-state index contributed by atoms with van der Waals surface area (Å²) in [6.45, 7) is 0.439. The van der Waals surface area contributed by atoms with Gasteiger partial charge in [0, 0.05) is 24.2 Å². The van der Waals surface area contributed by atoms with Gasteiger partial charge >= 0.3 is 0 Å². The van der Waals surface area contributed by atoms with Gasteiger partial charge in [0.15, 0.2) is 0 Å². The van der Waals surface area contributed by atoms with E-state index >= 15 is 0 Å². The quantitative estimate of drug-likeness (QED) is 0.559. The molecule has 5 nitrogen and oxygen atoms in total. The van der Waals surface area contributed by atoms with Crippen LogP contribution in [-0.4, -0.2) is 27.9 Å². The molecule has 4 rings (SSSR count). The van der Waals surface area contributed by atoms with Crippen molar-refractivity contribution in [2.45, 2.75) is 17.7 Å². The lowest BCUT2D eigenvalue weighted by Gasteiger charge is -2.29. The molecule has 0 unspecified atom stereocenters. The normalized spacial score (nSPS) is 13.6. The van der Waals surface area contributed by atoms with Crippen LogP contribution >= 0.6 is 11.6 Å². The molecule has 0 saturated carbocycles. The summed E-state index contributed by atoms with van der Waals surface area (Å²) < 4.78 is 41.2. The molecular formula is C23H20ClFN2O3S. The Labute approximate surface area is 185 Å². The van der Waals surface area contributed by atoms with Gasteiger partial charge < -0.3 is 4.90 Å². The van der Waals surface area contributed by atoms with Crippen molar-refractivity contribution in [2.75, 3.05) is 22.8 Å². The van der Waals surface area contributed by atoms with E-state index in [9.17, 15) is 17.6 Å². The summed E-state index contributed by atoms with van der Waals surface area (Å²) >= 11 is 5.99. The maximum absolute atomic E-state index is 13.8. The third kappa shape index (κ3) is 4.16. The number of anilines is 2. The molecule has 1 heterocycles. The van der Waals surface area contributed by atoms with Crippen molar-refractivity contribution >= 4 is 38.9 Å². The highest BCUT2D eigenvalue weighted by Crippen LogP contribution is 2.30. The first-order valence-corrected chi connectivity index (χ1v) is 11.5. The Morgan fingerprint density at radius 3 is 2.61 bits per heavy atom. The van der Waals surface area contributed by atoms with E-state index in [4.69, 9.17) is 11.6 Å². The van der Waals surface area contributed by atoms with Gasteiger partial charge in [-0.05, 0) is 66.9 Å². The summed E-state index contributed by atoms with van der Waals surface area (Å²) in [6, 6.07) is 16.8. The molecule has 31 heavy (non-hydrogen) atoms. The number of hydrogen-bond donors (Lipinski definition) is 0. The van der Waals surface area contributed by atoms with E-state index in [1.54, 1.807) is 36.4 Å². The lowest BCUT2D eigenvalue weighted by Crippen LogP contribution is -2.35. The Balaban J connectivity index is 1.68. The fourth-order valence-electron chi connectivity index (χ4n) is 3.67. The molecular weight excluding hydrogens is 439 g/mol. The topological polar surface area (TPSA) is 57.7 Å². The van der Waals surface area contributed by atoms with E-state index in [0.717, 1.165) is 22.7 Å². The van der Waals surface area contributed by atoms with Gasteiger partial charge in [-0.3, -0.25) is 9.10 Å². The number of benzene rings is 3. The molecule has 0 bridgehead atoms. The largest absolute Gasteiger partial charge is 0.308 e. The van der Waals surface area contributed by atoms with Gasteiger partial charge in [0.1, 0.15) is 5.82 Å². The molecule has 0 radical (unpaired) electrons. The molecule has 3 aromatic rings. The first-order chi connectivity index (χ1) is 14.8. The van der Waals surface area contributed by atoms with Crippen molar-refractivity contribution in [3.05, 3.63) is 88.7 Å². The number of aryl methyl sites for hydroxylation is 1. The van der Waals surface area contributed by atoms with E-state index in [1.165, 1.54) is 42.3 Å². The molecule has 0 aliphatic carbocycles. The maximum Gasteiger partial charge on any atom is 0.264 e. The summed E-state index contributed by atoms with van der Waals surface area (Å²) in [7, 11) is -2.49. The fourth-order valence-corrected chi connectivity index (χ4v) is 5.09. The molecule has 3 aromatic carbocycles. The minimum atomic E-state index is -3.92. The molecule has 1 aliphatic rings. The number of hydrogen-bond acceptors (Lipinski definition) is 3. The van der Waals surface area contributed by atoms with Gasteiger partial charge in [-0.2, -0.15) is 0 Å². The second-order valence-electron chi connectivity index (χ2n) is 7.31. The van der Waals surface area contributed by atoms with Gasteiger partial charge in [0.25, 0.3) is 15.9 Å². The molecule has 0 fully saturated rings. The number of fused-ring (bicyclic) bond motifs is 1. The SMILES string of the molecule is CN(c1cccc(Cl)c1)S(=O)(=O)c1cccc(C(=O)N2CCCc3ccc(F)cc32)c1. The summed E-state index contributed by atoms with van der Waals surface area (Å²) in [5, 5.41) is 0.416. The molecule has 1 aliphatic heterocycles. The smallest absolute Gasteiger partial charge is 0.264 e. The van der Waals surface area contributed by atoms with Crippen LogP contribution in [0.2, 0.25) is 5.02 Å². The maximum atomic E-state index is 13.8. The van der Waals surface area contributed by atoms with Crippen molar-refractivity contribution in [3.63, 3.8) is 0 Å². The Morgan fingerprint density at radius 2 is 1.84 bits per heavy atom. The highest BCUT2D eigenvalue weighted by molar-refractivity contribution is 7.92. The van der Waals surface area contributed by atoms with Crippen LogP contribution in [0.1, 0.15) is 22.3 Å². The van der Waals surface area contributed by atoms with E-state index in [1.807, 2.05) is 0 Å². The highest BCUT2D eigenvalue weighted by atomic mass is 35.5. The van der Waals surface area contributed by atoms with Crippen molar-refractivity contribution in [1.82, 2.24) is 0 Å². The monoisotopic (exact) mass is 458 g/mol. The predicted molar refractivity (Wildman–Crippen MR) is 120 cm³/mol. The molecule has 0 spiro atoms. The summed E-state index contributed by atoms with van der Waals surface area (Å²) in [6.07, 6.45) is 1.51. The first kappa shape index (κ1) is 21.3. The van der Waals surface area contributed by atoms with Crippen LogP contribution in [0.4, 0.5) is 15.8 Å². The highest BCUT2D eigenvalue weighted by Gasteiger charge is 2.27. The molecule has 8 heteroatoms. The summed E-state index contributed by atoms with van der Waals surface area (Å²) in [4.78, 5) is 14.7. The molecule has 0 saturated heterocycles. The summed E-state index contributed by atoms with van der Waals surface area (Å²) in [5.74, 6) is -0.785. The van der Waals surface area contributed by atoms with Gasteiger partial charge in [-0.25, -0.2) is 12.8 Å². The minimum Gasteiger partial charge on any atom is -0.308 e. The third-order valence-corrected chi connectivity index (χ3v) is 7.34. The number of amides is 1. The van der Waals surface area contributed by atoms with E-state index < -0.39 is 15.8 Å². The Hall–Kier alpha value is -2.90.